The van der Waals surface area contributed by atoms with E-state index in [-0.39, 0.29) is 24.2 Å². The number of methoxy groups -OCH3 is 1. The van der Waals surface area contributed by atoms with Crippen molar-refractivity contribution in [3.63, 3.8) is 0 Å². The van der Waals surface area contributed by atoms with Crippen molar-refractivity contribution in [2.24, 2.45) is 5.92 Å². The van der Waals surface area contributed by atoms with Crippen LogP contribution < -0.4 is 4.90 Å². The second-order valence-corrected chi connectivity index (χ2v) is 7.72. The Morgan fingerprint density at radius 1 is 1.28 bits per heavy atom. The Kier molecular flexibility index (Phi) is 7.95. The zero-order chi connectivity index (χ0) is 23.1. The minimum absolute atomic E-state index is 0.216. The first-order valence-electron chi connectivity index (χ1n) is 10.8. The maximum atomic E-state index is 12.8. The summed E-state index contributed by atoms with van der Waals surface area (Å²) in [5.74, 6) is -2.11. The summed E-state index contributed by atoms with van der Waals surface area (Å²) in [6.07, 6.45) is 0.955. The molecule has 0 aliphatic carbocycles. The van der Waals surface area contributed by atoms with Crippen molar-refractivity contribution in [2.45, 2.75) is 38.7 Å². The van der Waals surface area contributed by atoms with E-state index in [2.05, 4.69) is 4.98 Å². The van der Waals surface area contributed by atoms with Gasteiger partial charge in [-0.3, -0.25) is 9.59 Å². The van der Waals surface area contributed by atoms with Gasteiger partial charge in [-0.05, 0) is 38.8 Å². The van der Waals surface area contributed by atoms with Crippen LogP contribution in [0.25, 0.3) is 11.0 Å². The largest absolute Gasteiger partial charge is 0.466 e. The van der Waals surface area contributed by atoms with E-state index in [1.54, 1.807) is 19.9 Å². The van der Waals surface area contributed by atoms with Gasteiger partial charge in [0, 0.05) is 20.2 Å². The molecule has 1 aliphatic rings. The number of piperidine rings is 1. The topological polar surface area (TPSA) is 115 Å². The quantitative estimate of drug-likeness (QED) is 0.571. The molecule has 0 amide bonds. The van der Waals surface area contributed by atoms with Gasteiger partial charge in [0.25, 0.3) is 0 Å². The first-order chi connectivity index (χ1) is 15.5. The highest BCUT2D eigenvalue weighted by molar-refractivity contribution is 5.85. The molecule has 0 N–H and O–H groups in total. The molecule has 0 spiro atoms. The van der Waals surface area contributed by atoms with Crippen LogP contribution in [0.5, 0.6) is 0 Å². The number of rotatable bonds is 8. The van der Waals surface area contributed by atoms with Crippen LogP contribution in [0.15, 0.2) is 24.3 Å². The molecule has 2 heterocycles. The van der Waals surface area contributed by atoms with Crippen LogP contribution in [-0.4, -0.2) is 61.4 Å². The van der Waals surface area contributed by atoms with E-state index in [1.807, 2.05) is 29.2 Å². The van der Waals surface area contributed by atoms with Gasteiger partial charge in [0.1, 0.15) is 11.8 Å². The van der Waals surface area contributed by atoms with E-state index in [4.69, 9.17) is 19.2 Å². The van der Waals surface area contributed by atoms with Gasteiger partial charge in [-0.25, -0.2) is 9.97 Å². The monoisotopic (exact) mass is 440 g/mol. The van der Waals surface area contributed by atoms with Crippen molar-refractivity contribution >= 4 is 28.8 Å². The Labute approximate surface area is 187 Å². The fraction of sp³-hybridized carbons (Fsp3) is 0.522. The number of aromatic nitrogens is 2. The number of hydrogen-bond acceptors (Lipinski definition) is 9. The van der Waals surface area contributed by atoms with E-state index < -0.39 is 18.0 Å². The third kappa shape index (κ3) is 5.32. The Morgan fingerprint density at radius 3 is 2.66 bits per heavy atom. The normalized spacial score (nSPS) is 17.9. The molecule has 0 radical (unpaired) electrons. The number of anilines is 1. The predicted molar refractivity (Wildman–Crippen MR) is 117 cm³/mol. The van der Waals surface area contributed by atoms with E-state index in [0.29, 0.717) is 43.0 Å². The van der Waals surface area contributed by atoms with E-state index in [1.165, 1.54) is 7.11 Å². The van der Waals surface area contributed by atoms with Crippen molar-refractivity contribution in [3.8, 4) is 6.07 Å². The molecule has 170 valence electrons. The van der Waals surface area contributed by atoms with Gasteiger partial charge in [0.15, 0.2) is 11.7 Å². The van der Waals surface area contributed by atoms with Gasteiger partial charge < -0.3 is 19.1 Å². The molecule has 9 nitrogen and oxygen atoms in total. The van der Waals surface area contributed by atoms with Gasteiger partial charge in [-0.2, -0.15) is 5.26 Å². The van der Waals surface area contributed by atoms with E-state index in [9.17, 15) is 14.9 Å². The number of hydrogen-bond donors (Lipinski definition) is 0. The van der Waals surface area contributed by atoms with Crippen LogP contribution in [0.3, 0.4) is 0 Å². The molecule has 0 saturated carbocycles. The second kappa shape index (κ2) is 10.9. The molecule has 32 heavy (non-hydrogen) atoms. The van der Waals surface area contributed by atoms with Crippen molar-refractivity contribution in [3.05, 3.63) is 30.0 Å². The molecule has 2 aromatic rings. The molecule has 1 aliphatic heterocycles. The lowest BCUT2D eigenvalue weighted by Crippen LogP contribution is -2.41. The van der Waals surface area contributed by atoms with Gasteiger partial charge in [0.05, 0.1) is 36.2 Å². The highest BCUT2D eigenvalue weighted by atomic mass is 16.6. The number of nitriles is 1. The maximum Gasteiger partial charge on any atom is 0.330 e. The molecule has 1 aromatic carbocycles. The van der Waals surface area contributed by atoms with Gasteiger partial charge >= 0.3 is 11.9 Å². The Bertz CT molecular complexity index is 1010. The Morgan fingerprint density at radius 2 is 2.00 bits per heavy atom. The molecule has 9 heteroatoms. The summed E-state index contributed by atoms with van der Waals surface area (Å²) in [6, 6.07) is 9.29. The molecule has 0 unspecified atom stereocenters. The summed E-state index contributed by atoms with van der Waals surface area (Å²) in [7, 11) is 1.51. The zero-order valence-electron chi connectivity index (χ0n) is 18.6. The summed E-state index contributed by atoms with van der Waals surface area (Å²) in [6.45, 7) is 5.01. The fourth-order valence-electron chi connectivity index (χ4n) is 3.81. The van der Waals surface area contributed by atoms with Crippen molar-refractivity contribution in [2.75, 3.05) is 38.3 Å². The van der Waals surface area contributed by atoms with Crippen LogP contribution in [0.1, 0.15) is 38.3 Å². The number of para-hydroxylation sites is 2. The average Bonchev–Trinajstić information content (AvgIpc) is 2.79. The first kappa shape index (κ1) is 23.4. The standard InChI is InChI=1S/C23H28N4O5/c1-4-31-22(28)16-8-7-11-27(13-16)21-20(25-18-9-5-6-10-19(18)26-21)17(12-24)23(29)32-15(2)14-30-3/h5-6,9-10,15-17H,4,7-8,11,13-14H2,1-3H3/t15-,16+,17+/m1/s1. The summed E-state index contributed by atoms with van der Waals surface area (Å²) >= 11 is 0. The maximum absolute atomic E-state index is 12.8. The number of fused-ring (bicyclic) bond motifs is 1. The predicted octanol–water partition coefficient (Wildman–Crippen LogP) is 2.59. The van der Waals surface area contributed by atoms with Crippen LogP contribution in [0.4, 0.5) is 5.82 Å². The molecule has 1 saturated heterocycles. The van der Waals surface area contributed by atoms with Crippen molar-refractivity contribution in [1.82, 2.24) is 9.97 Å². The SMILES string of the molecule is CCOC(=O)[C@H]1CCCN(c2nc3ccccc3nc2[C@H](C#N)C(=O)O[C@H](C)COC)C1. The molecule has 3 atom stereocenters. The highest BCUT2D eigenvalue weighted by Crippen LogP contribution is 2.31. The Hall–Kier alpha value is -3.25. The van der Waals surface area contributed by atoms with Gasteiger partial charge in [0.2, 0.25) is 0 Å². The minimum atomic E-state index is -1.26. The lowest BCUT2D eigenvalue weighted by molar-refractivity contribution is -0.151. The fourth-order valence-corrected chi connectivity index (χ4v) is 3.81. The lowest BCUT2D eigenvalue weighted by atomic mass is 9.97. The van der Waals surface area contributed by atoms with Crippen molar-refractivity contribution in [1.29, 1.82) is 5.26 Å². The third-order valence-electron chi connectivity index (χ3n) is 5.28. The molecule has 1 aromatic heterocycles. The number of carbonyl (C=O) groups excluding carboxylic acids is 2. The summed E-state index contributed by atoms with van der Waals surface area (Å²) in [5.41, 5.74) is 1.44. The van der Waals surface area contributed by atoms with Crippen LogP contribution in [-0.2, 0) is 23.8 Å². The van der Waals surface area contributed by atoms with Crippen molar-refractivity contribution < 1.29 is 23.8 Å². The van der Waals surface area contributed by atoms with Crippen LogP contribution in [0, 0.1) is 17.2 Å². The minimum Gasteiger partial charge on any atom is -0.466 e. The molecule has 1 fully saturated rings. The second-order valence-electron chi connectivity index (χ2n) is 7.72. The number of nitrogens with zero attached hydrogens (tertiary/aromatic N) is 4. The van der Waals surface area contributed by atoms with Crippen LogP contribution >= 0.6 is 0 Å². The number of ether oxygens (including phenoxy) is 3. The molecular formula is C23H28N4O5. The Balaban J connectivity index is 1.99. The van der Waals surface area contributed by atoms with E-state index in [0.717, 1.165) is 6.42 Å². The smallest absolute Gasteiger partial charge is 0.330 e. The first-order valence-corrected chi connectivity index (χ1v) is 10.8. The average molecular weight is 441 g/mol. The summed E-state index contributed by atoms with van der Waals surface area (Å²) in [5, 5.41) is 9.86. The third-order valence-corrected chi connectivity index (χ3v) is 5.28. The molecular weight excluding hydrogens is 412 g/mol. The van der Waals surface area contributed by atoms with Gasteiger partial charge in [-0.15, -0.1) is 0 Å². The summed E-state index contributed by atoms with van der Waals surface area (Å²) < 4.78 is 15.6. The summed E-state index contributed by atoms with van der Waals surface area (Å²) in [4.78, 5) is 36.4. The lowest BCUT2D eigenvalue weighted by Gasteiger charge is -2.33. The number of esters is 2. The molecule has 3 rings (SSSR count). The number of carbonyl (C=O) groups is 2. The highest BCUT2D eigenvalue weighted by Gasteiger charge is 2.34. The zero-order valence-corrected chi connectivity index (χ0v) is 18.6. The number of benzene rings is 1. The van der Waals surface area contributed by atoms with Crippen LogP contribution in [0.2, 0.25) is 0 Å². The van der Waals surface area contributed by atoms with E-state index >= 15 is 0 Å². The molecule has 0 bridgehead atoms. The van der Waals surface area contributed by atoms with Gasteiger partial charge in [-0.1, -0.05) is 12.1 Å².